The molecule has 1 aliphatic heterocycles. The van der Waals surface area contributed by atoms with Crippen LogP contribution >= 0.6 is 0 Å². The van der Waals surface area contributed by atoms with Gasteiger partial charge in [0.2, 0.25) is 0 Å². The summed E-state index contributed by atoms with van der Waals surface area (Å²) in [5.74, 6) is -0.788. The van der Waals surface area contributed by atoms with Gasteiger partial charge in [-0.3, -0.25) is 14.8 Å². The quantitative estimate of drug-likeness (QED) is 0.881. The average molecular weight is 288 g/mol. The molecule has 6 heteroatoms. The predicted octanol–water partition coefficient (Wildman–Crippen LogP) is 1.64. The number of nitrogens with zero attached hydrogens (tertiary/aromatic N) is 2. The Morgan fingerprint density at radius 2 is 2.19 bits per heavy atom. The van der Waals surface area contributed by atoms with E-state index in [1.54, 1.807) is 0 Å². The Labute approximate surface area is 122 Å². The monoisotopic (exact) mass is 288 g/mol. The molecule has 2 aromatic rings. The smallest absolute Gasteiger partial charge is 0.253 e. The maximum absolute atomic E-state index is 13.7. The molecule has 0 bridgehead atoms. The number of carbonyl (C=O) groups is 1. The molecule has 5 nitrogen and oxygen atoms in total. The van der Waals surface area contributed by atoms with Crippen molar-refractivity contribution in [2.24, 2.45) is 0 Å². The summed E-state index contributed by atoms with van der Waals surface area (Å²) >= 11 is 0. The highest BCUT2D eigenvalue weighted by Gasteiger charge is 2.24. The van der Waals surface area contributed by atoms with Gasteiger partial charge in [-0.05, 0) is 32.4 Å². The fourth-order valence-corrected chi connectivity index (χ4v) is 2.70. The summed E-state index contributed by atoms with van der Waals surface area (Å²) in [5, 5.41) is 6.29. The molecule has 2 unspecified atom stereocenters. The van der Waals surface area contributed by atoms with Crippen molar-refractivity contribution in [2.75, 3.05) is 6.54 Å². The van der Waals surface area contributed by atoms with Crippen LogP contribution < -0.4 is 10.6 Å². The molecule has 3 rings (SSSR count). The normalized spacial score (nSPS) is 22.2. The number of benzene rings is 1. The Kier molecular flexibility index (Phi) is 3.79. The van der Waals surface area contributed by atoms with E-state index in [0.717, 1.165) is 19.4 Å². The molecule has 0 spiro atoms. The number of nitrogens with one attached hydrogen (secondary N) is 2. The van der Waals surface area contributed by atoms with Crippen LogP contribution in [-0.2, 0) is 0 Å². The minimum atomic E-state index is -0.483. The molecule has 2 N–H and O–H groups in total. The summed E-state index contributed by atoms with van der Waals surface area (Å²) in [6.45, 7) is 3.00. The summed E-state index contributed by atoms with van der Waals surface area (Å²) in [6.07, 6.45) is 4.91. The number of amides is 1. The SMILES string of the molecule is CC1NCCCC1NC(=O)c1cc(F)cc2nccnc12. The maximum atomic E-state index is 13.7. The second kappa shape index (κ2) is 5.73. The molecule has 2 heterocycles. The third kappa shape index (κ3) is 2.85. The van der Waals surface area contributed by atoms with Crippen molar-refractivity contribution in [3.05, 3.63) is 35.9 Å². The van der Waals surface area contributed by atoms with E-state index < -0.39 is 5.82 Å². The zero-order chi connectivity index (χ0) is 14.8. The van der Waals surface area contributed by atoms with Crippen molar-refractivity contribution < 1.29 is 9.18 Å². The maximum Gasteiger partial charge on any atom is 0.253 e. The molecule has 110 valence electrons. The van der Waals surface area contributed by atoms with Crippen LogP contribution in [0.3, 0.4) is 0 Å². The first-order valence-corrected chi connectivity index (χ1v) is 7.09. The highest BCUT2D eigenvalue weighted by atomic mass is 19.1. The van der Waals surface area contributed by atoms with Gasteiger partial charge in [0.05, 0.1) is 11.1 Å². The van der Waals surface area contributed by atoms with Crippen molar-refractivity contribution in [1.82, 2.24) is 20.6 Å². The molecule has 1 aromatic heterocycles. The lowest BCUT2D eigenvalue weighted by molar-refractivity contribution is 0.0921. The molecule has 1 saturated heterocycles. The Balaban J connectivity index is 1.90. The molecule has 0 saturated carbocycles. The van der Waals surface area contributed by atoms with Gasteiger partial charge in [-0.1, -0.05) is 0 Å². The highest BCUT2D eigenvalue weighted by molar-refractivity contribution is 6.04. The van der Waals surface area contributed by atoms with Crippen LogP contribution in [0.1, 0.15) is 30.1 Å². The lowest BCUT2D eigenvalue weighted by Crippen LogP contribution is -2.51. The fourth-order valence-electron chi connectivity index (χ4n) is 2.70. The summed E-state index contributed by atoms with van der Waals surface area (Å²) in [5.41, 5.74) is 1.04. The van der Waals surface area contributed by atoms with E-state index in [1.165, 1.54) is 24.5 Å². The van der Waals surface area contributed by atoms with Gasteiger partial charge in [-0.25, -0.2) is 4.39 Å². The Morgan fingerprint density at radius 3 is 3.00 bits per heavy atom. The molecule has 0 aliphatic carbocycles. The van der Waals surface area contributed by atoms with Gasteiger partial charge in [0, 0.05) is 30.5 Å². The van der Waals surface area contributed by atoms with Crippen molar-refractivity contribution >= 4 is 16.9 Å². The molecule has 1 aliphatic rings. The molecule has 2 atom stereocenters. The van der Waals surface area contributed by atoms with E-state index in [4.69, 9.17) is 0 Å². The van der Waals surface area contributed by atoms with Gasteiger partial charge in [-0.15, -0.1) is 0 Å². The number of aromatic nitrogens is 2. The summed E-state index contributed by atoms with van der Waals surface area (Å²) in [7, 11) is 0. The zero-order valence-electron chi connectivity index (χ0n) is 11.8. The number of halogens is 1. The first-order valence-electron chi connectivity index (χ1n) is 7.09. The minimum absolute atomic E-state index is 0.0428. The Bertz CT molecular complexity index is 676. The van der Waals surface area contributed by atoms with E-state index in [2.05, 4.69) is 20.6 Å². The molecule has 1 fully saturated rings. The van der Waals surface area contributed by atoms with Crippen LogP contribution in [0.4, 0.5) is 4.39 Å². The first kappa shape index (κ1) is 13.9. The third-order valence-electron chi connectivity index (χ3n) is 3.86. The number of hydrogen-bond donors (Lipinski definition) is 2. The van der Waals surface area contributed by atoms with E-state index in [-0.39, 0.29) is 23.6 Å². The lowest BCUT2D eigenvalue weighted by atomic mass is 9.99. The zero-order valence-corrected chi connectivity index (χ0v) is 11.8. The van der Waals surface area contributed by atoms with Crippen LogP contribution in [0.5, 0.6) is 0 Å². The number of hydrogen-bond acceptors (Lipinski definition) is 4. The summed E-state index contributed by atoms with van der Waals surface area (Å²) in [4.78, 5) is 20.7. The van der Waals surface area contributed by atoms with Crippen molar-refractivity contribution in [1.29, 1.82) is 0 Å². The van der Waals surface area contributed by atoms with Crippen LogP contribution in [0.25, 0.3) is 11.0 Å². The molecular formula is C15H17FN4O. The number of rotatable bonds is 2. The van der Waals surface area contributed by atoms with E-state index >= 15 is 0 Å². The van der Waals surface area contributed by atoms with E-state index in [0.29, 0.717) is 11.0 Å². The van der Waals surface area contributed by atoms with Gasteiger partial charge < -0.3 is 10.6 Å². The van der Waals surface area contributed by atoms with E-state index in [1.807, 2.05) is 6.92 Å². The van der Waals surface area contributed by atoms with Crippen molar-refractivity contribution in [3.8, 4) is 0 Å². The number of fused-ring (bicyclic) bond motifs is 1. The summed E-state index contributed by atoms with van der Waals surface area (Å²) < 4.78 is 13.7. The molecule has 1 amide bonds. The van der Waals surface area contributed by atoms with Gasteiger partial charge in [0.25, 0.3) is 5.91 Å². The third-order valence-corrected chi connectivity index (χ3v) is 3.86. The van der Waals surface area contributed by atoms with Crippen LogP contribution in [0.15, 0.2) is 24.5 Å². The average Bonchev–Trinajstić information content (AvgIpc) is 2.48. The largest absolute Gasteiger partial charge is 0.348 e. The van der Waals surface area contributed by atoms with Gasteiger partial charge >= 0.3 is 0 Å². The molecule has 1 aromatic carbocycles. The standard InChI is InChI=1S/C15H17FN4O/c1-9-12(3-2-4-17-9)20-15(21)11-7-10(16)8-13-14(11)19-6-5-18-13/h5-9,12,17H,2-4H2,1H3,(H,20,21). The van der Waals surface area contributed by atoms with E-state index in [9.17, 15) is 9.18 Å². The predicted molar refractivity (Wildman–Crippen MR) is 77.4 cm³/mol. The van der Waals surface area contributed by atoms with Crippen LogP contribution in [-0.4, -0.2) is 34.5 Å². The van der Waals surface area contributed by atoms with Gasteiger partial charge in [0.15, 0.2) is 0 Å². The van der Waals surface area contributed by atoms with Crippen LogP contribution in [0, 0.1) is 5.82 Å². The van der Waals surface area contributed by atoms with Crippen LogP contribution in [0.2, 0.25) is 0 Å². The highest BCUT2D eigenvalue weighted by Crippen LogP contribution is 2.17. The van der Waals surface area contributed by atoms with Gasteiger partial charge in [0.1, 0.15) is 11.3 Å². The summed E-state index contributed by atoms with van der Waals surface area (Å²) in [6, 6.07) is 2.74. The Morgan fingerprint density at radius 1 is 1.38 bits per heavy atom. The minimum Gasteiger partial charge on any atom is -0.348 e. The number of piperidine rings is 1. The second-order valence-electron chi connectivity index (χ2n) is 5.34. The van der Waals surface area contributed by atoms with Gasteiger partial charge in [-0.2, -0.15) is 0 Å². The second-order valence-corrected chi connectivity index (χ2v) is 5.34. The lowest BCUT2D eigenvalue weighted by Gasteiger charge is -2.30. The number of carbonyl (C=O) groups excluding carboxylic acids is 1. The van der Waals surface area contributed by atoms with Crippen molar-refractivity contribution in [2.45, 2.75) is 31.8 Å². The first-order chi connectivity index (χ1) is 10.1. The Hall–Kier alpha value is -2.08. The fraction of sp³-hybridized carbons (Fsp3) is 0.400. The topological polar surface area (TPSA) is 66.9 Å². The molecular weight excluding hydrogens is 271 g/mol. The molecule has 21 heavy (non-hydrogen) atoms. The molecule has 0 radical (unpaired) electrons. The van der Waals surface area contributed by atoms with Crippen molar-refractivity contribution in [3.63, 3.8) is 0 Å².